The maximum absolute atomic E-state index is 6.09. The highest BCUT2D eigenvalue weighted by Crippen LogP contribution is 2.36. The van der Waals surface area contributed by atoms with Crippen LogP contribution in [0.25, 0.3) is 5.82 Å². The summed E-state index contributed by atoms with van der Waals surface area (Å²) >= 11 is 0. The largest absolute Gasteiger partial charge is 0.496 e. The molecular weight excluding hydrogens is 263 g/mol. The van der Waals surface area contributed by atoms with E-state index in [1.807, 2.05) is 48.1 Å². The molecule has 2 aromatic rings. The summed E-state index contributed by atoms with van der Waals surface area (Å²) in [6.45, 7) is 10.2. The first-order chi connectivity index (χ1) is 9.80. The SMILES string of the molecule is Cc1nc(-n2cccc2)ccc1B1OC(C)(C)C(C)(C)O1. The lowest BCUT2D eigenvalue weighted by atomic mass is 9.78. The molecule has 1 fully saturated rings. The number of hydrogen-bond acceptors (Lipinski definition) is 3. The molecule has 0 radical (unpaired) electrons. The molecule has 1 saturated heterocycles. The molecule has 4 nitrogen and oxygen atoms in total. The predicted molar refractivity (Wildman–Crippen MR) is 84.0 cm³/mol. The average Bonchev–Trinajstić information content (AvgIpc) is 2.96. The molecule has 21 heavy (non-hydrogen) atoms. The summed E-state index contributed by atoms with van der Waals surface area (Å²) in [5.74, 6) is 0.901. The number of rotatable bonds is 2. The van der Waals surface area contributed by atoms with Gasteiger partial charge in [0.15, 0.2) is 0 Å². The lowest BCUT2D eigenvalue weighted by Gasteiger charge is -2.32. The zero-order valence-corrected chi connectivity index (χ0v) is 13.3. The first-order valence-corrected chi connectivity index (χ1v) is 7.27. The van der Waals surface area contributed by atoms with E-state index in [9.17, 15) is 0 Å². The van der Waals surface area contributed by atoms with Crippen molar-refractivity contribution in [1.29, 1.82) is 0 Å². The number of aromatic nitrogens is 2. The first kappa shape index (κ1) is 14.4. The fraction of sp³-hybridized carbons (Fsp3) is 0.438. The summed E-state index contributed by atoms with van der Waals surface area (Å²) in [6.07, 6.45) is 3.96. The van der Waals surface area contributed by atoms with Crippen molar-refractivity contribution in [3.8, 4) is 5.82 Å². The van der Waals surface area contributed by atoms with E-state index >= 15 is 0 Å². The van der Waals surface area contributed by atoms with Crippen molar-refractivity contribution in [3.63, 3.8) is 0 Å². The molecule has 5 heteroatoms. The summed E-state index contributed by atoms with van der Waals surface area (Å²) in [4.78, 5) is 4.66. The van der Waals surface area contributed by atoms with Gasteiger partial charge in [-0.1, -0.05) is 6.07 Å². The third-order valence-corrected chi connectivity index (χ3v) is 4.49. The maximum Gasteiger partial charge on any atom is 0.496 e. The lowest BCUT2D eigenvalue weighted by Crippen LogP contribution is -2.41. The molecule has 1 aliphatic heterocycles. The van der Waals surface area contributed by atoms with Gasteiger partial charge in [0, 0.05) is 23.6 Å². The van der Waals surface area contributed by atoms with Gasteiger partial charge in [-0.15, -0.1) is 0 Å². The molecule has 0 aromatic carbocycles. The minimum Gasteiger partial charge on any atom is -0.399 e. The van der Waals surface area contributed by atoms with Gasteiger partial charge in [-0.3, -0.25) is 0 Å². The van der Waals surface area contributed by atoms with E-state index in [4.69, 9.17) is 9.31 Å². The third kappa shape index (κ3) is 2.41. The van der Waals surface area contributed by atoms with E-state index in [2.05, 4.69) is 32.7 Å². The monoisotopic (exact) mass is 284 g/mol. The molecule has 0 aliphatic carbocycles. The smallest absolute Gasteiger partial charge is 0.399 e. The highest BCUT2D eigenvalue weighted by atomic mass is 16.7. The van der Waals surface area contributed by atoms with Crippen molar-refractivity contribution in [1.82, 2.24) is 9.55 Å². The predicted octanol–water partition coefficient (Wildman–Crippen LogP) is 2.48. The zero-order valence-electron chi connectivity index (χ0n) is 13.3. The maximum atomic E-state index is 6.09. The normalized spacial score (nSPS) is 20.0. The molecule has 0 unspecified atom stereocenters. The van der Waals surface area contributed by atoms with Crippen molar-refractivity contribution in [2.24, 2.45) is 0 Å². The Morgan fingerprint density at radius 2 is 1.57 bits per heavy atom. The Morgan fingerprint density at radius 3 is 2.10 bits per heavy atom. The van der Waals surface area contributed by atoms with E-state index in [0.717, 1.165) is 17.0 Å². The summed E-state index contributed by atoms with van der Waals surface area (Å²) < 4.78 is 14.2. The van der Waals surface area contributed by atoms with Crippen LogP contribution in [0.3, 0.4) is 0 Å². The average molecular weight is 284 g/mol. The highest BCUT2D eigenvalue weighted by molar-refractivity contribution is 6.62. The Hall–Kier alpha value is -1.59. The van der Waals surface area contributed by atoms with E-state index in [-0.39, 0.29) is 18.3 Å². The molecule has 2 aromatic heterocycles. The van der Waals surface area contributed by atoms with Crippen molar-refractivity contribution >= 4 is 12.6 Å². The van der Waals surface area contributed by atoms with Crippen LogP contribution in [0, 0.1) is 6.92 Å². The summed E-state index contributed by atoms with van der Waals surface area (Å²) in [7, 11) is -0.360. The van der Waals surface area contributed by atoms with Crippen LogP contribution in [0.4, 0.5) is 0 Å². The highest BCUT2D eigenvalue weighted by Gasteiger charge is 2.52. The number of hydrogen-bond donors (Lipinski definition) is 0. The molecule has 0 saturated carbocycles. The van der Waals surface area contributed by atoms with Gasteiger partial charge < -0.3 is 13.9 Å². The topological polar surface area (TPSA) is 36.3 Å². The van der Waals surface area contributed by atoms with Crippen LogP contribution in [0.15, 0.2) is 36.7 Å². The second-order valence-corrected chi connectivity index (χ2v) is 6.52. The quantitative estimate of drug-likeness (QED) is 0.795. The summed E-state index contributed by atoms with van der Waals surface area (Å²) in [6, 6.07) is 8.01. The number of nitrogens with zero attached hydrogens (tertiary/aromatic N) is 2. The van der Waals surface area contributed by atoms with Gasteiger partial charge in [0.2, 0.25) is 0 Å². The molecule has 3 heterocycles. The number of pyridine rings is 1. The Kier molecular flexibility index (Phi) is 3.22. The third-order valence-electron chi connectivity index (χ3n) is 4.49. The van der Waals surface area contributed by atoms with Crippen molar-refractivity contribution in [3.05, 3.63) is 42.4 Å². The summed E-state index contributed by atoms with van der Waals surface area (Å²) in [5, 5.41) is 0. The standard InChI is InChI=1S/C16H21BN2O2/c1-12-13(17-20-15(2,3)16(4,5)21-17)8-9-14(18-12)19-10-6-7-11-19/h6-11H,1-5H3. The Balaban J connectivity index is 1.91. The zero-order chi connectivity index (χ0) is 15.3. The molecular formula is C16H21BN2O2. The Bertz CT molecular complexity index is 634. The van der Waals surface area contributed by atoms with E-state index in [1.165, 1.54) is 0 Å². The molecule has 0 spiro atoms. The van der Waals surface area contributed by atoms with Crippen molar-refractivity contribution < 1.29 is 9.31 Å². The van der Waals surface area contributed by atoms with Gasteiger partial charge in [0.25, 0.3) is 0 Å². The van der Waals surface area contributed by atoms with Gasteiger partial charge in [-0.05, 0) is 52.8 Å². The fourth-order valence-electron chi connectivity index (χ4n) is 2.41. The Labute approximate surface area is 126 Å². The second kappa shape index (κ2) is 4.72. The van der Waals surface area contributed by atoms with Crippen LogP contribution in [0.1, 0.15) is 33.4 Å². The molecule has 0 amide bonds. The molecule has 110 valence electrons. The van der Waals surface area contributed by atoms with Gasteiger partial charge in [-0.25, -0.2) is 4.98 Å². The van der Waals surface area contributed by atoms with Crippen LogP contribution in [0.5, 0.6) is 0 Å². The second-order valence-electron chi connectivity index (χ2n) is 6.52. The van der Waals surface area contributed by atoms with Gasteiger partial charge in [-0.2, -0.15) is 0 Å². The van der Waals surface area contributed by atoms with Gasteiger partial charge in [0.1, 0.15) is 5.82 Å². The summed E-state index contributed by atoms with van der Waals surface area (Å²) in [5.41, 5.74) is 1.26. The van der Waals surface area contributed by atoms with Crippen LogP contribution in [-0.2, 0) is 9.31 Å². The molecule has 3 rings (SSSR count). The molecule has 0 bridgehead atoms. The molecule has 0 atom stereocenters. The van der Waals surface area contributed by atoms with Crippen molar-refractivity contribution in [2.45, 2.75) is 45.8 Å². The minimum atomic E-state index is -0.360. The van der Waals surface area contributed by atoms with E-state index < -0.39 is 0 Å². The first-order valence-electron chi connectivity index (χ1n) is 7.27. The minimum absolute atomic E-state index is 0.330. The lowest BCUT2D eigenvalue weighted by molar-refractivity contribution is 0.00578. The van der Waals surface area contributed by atoms with Crippen LogP contribution in [0.2, 0.25) is 0 Å². The Morgan fingerprint density at radius 1 is 1.00 bits per heavy atom. The molecule has 1 aliphatic rings. The van der Waals surface area contributed by atoms with E-state index in [1.54, 1.807) is 0 Å². The van der Waals surface area contributed by atoms with Crippen molar-refractivity contribution in [2.75, 3.05) is 0 Å². The van der Waals surface area contributed by atoms with Crippen LogP contribution < -0.4 is 5.46 Å². The molecule has 0 N–H and O–H groups in total. The number of aryl methyl sites for hydroxylation is 1. The van der Waals surface area contributed by atoms with Crippen LogP contribution in [-0.4, -0.2) is 27.9 Å². The van der Waals surface area contributed by atoms with Gasteiger partial charge >= 0.3 is 7.12 Å². The fourth-order valence-corrected chi connectivity index (χ4v) is 2.41. The van der Waals surface area contributed by atoms with E-state index in [0.29, 0.717) is 0 Å². The van der Waals surface area contributed by atoms with Crippen LogP contribution >= 0.6 is 0 Å². The van der Waals surface area contributed by atoms with Gasteiger partial charge in [0.05, 0.1) is 11.2 Å².